The molecule has 1 aromatic heterocycles. The molecule has 0 aliphatic carbocycles. The van der Waals surface area contributed by atoms with Gasteiger partial charge in [0.2, 0.25) is 5.82 Å². The Balaban J connectivity index is 2.63. The Morgan fingerprint density at radius 1 is 1.23 bits per heavy atom. The smallest absolute Gasteiger partial charge is 0.356 e. The van der Waals surface area contributed by atoms with E-state index >= 15 is 0 Å². The van der Waals surface area contributed by atoms with E-state index in [1.807, 2.05) is 0 Å². The number of carbonyl (C=O) groups excluding carboxylic acids is 1. The summed E-state index contributed by atoms with van der Waals surface area (Å²) in [5.74, 6) is -13.0. The van der Waals surface area contributed by atoms with E-state index in [2.05, 4.69) is 9.84 Å². The van der Waals surface area contributed by atoms with Gasteiger partial charge in [0.05, 0.1) is 4.92 Å². The third kappa shape index (κ3) is 4.74. The van der Waals surface area contributed by atoms with E-state index in [1.165, 1.54) is 14.0 Å². The van der Waals surface area contributed by atoms with Crippen molar-refractivity contribution in [3.63, 3.8) is 0 Å². The van der Waals surface area contributed by atoms with Gasteiger partial charge in [0, 0.05) is 7.11 Å². The first kappa shape index (κ1) is 24.0. The Kier molecular flexibility index (Phi) is 6.85. The normalized spacial score (nSPS) is 12.7. The number of nitro groups is 1. The van der Waals surface area contributed by atoms with Crippen molar-refractivity contribution in [3.8, 4) is 5.69 Å². The van der Waals surface area contributed by atoms with Crippen LogP contribution in [0.3, 0.4) is 0 Å². The predicted octanol–water partition coefficient (Wildman–Crippen LogP) is 3.30. The fourth-order valence-electron chi connectivity index (χ4n) is 2.24. The van der Waals surface area contributed by atoms with E-state index in [0.717, 1.165) is 0 Å². The fourth-order valence-corrected chi connectivity index (χ4v) is 2.24. The van der Waals surface area contributed by atoms with E-state index < -0.39 is 75.9 Å². The van der Waals surface area contributed by atoms with Crippen LogP contribution in [0.1, 0.15) is 12.5 Å². The van der Waals surface area contributed by atoms with E-state index in [1.54, 1.807) is 5.32 Å². The zero-order valence-corrected chi connectivity index (χ0v) is 15.4. The molecule has 1 atom stereocenters. The van der Waals surface area contributed by atoms with E-state index in [9.17, 15) is 45.6 Å². The minimum Gasteiger partial charge on any atom is -0.356 e. The summed E-state index contributed by atoms with van der Waals surface area (Å²) < 4.78 is 104. The molecule has 170 valence electrons. The molecular weight excluding hydrogens is 449 g/mol. The highest BCUT2D eigenvalue weighted by Crippen LogP contribution is 2.39. The molecule has 0 aliphatic heterocycles. The Labute approximate surface area is 167 Å². The van der Waals surface area contributed by atoms with E-state index in [4.69, 9.17) is 4.74 Å². The molecule has 0 aliphatic rings. The molecule has 1 unspecified atom stereocenters. The molecular formula is C15H11F7N4O5. The number of ether oxygens (including phenoxy) is 2. The quantitative estimate of drug-likeness (QED) is 0.223. The maximum Gasteiger partial charge on any atom is 0.422 e. The second kappa shape index (κ2) is 8.84. The van der Waals surface area contributed by atoms with Crippen molar-refractivity contribution in [2.45, 2.75) is 19.4 Å². The predicted molar refractivity (Wildman–Crippen MR) is 86.1 cm³/mol. The van der Waals surface area contributed by atoms with Gasteiger partial charge in [-0.1, -0.05) is 0 Å². The van der Waals surface area contributed by atoms with Gasteiger partial charge in [-0.2, -0.15) is 18.3 Å². The minimum atomic E-state index is -5.79. The second-order valence-electron chi connectivity index (χ2n) is 5.69. The highest BCUT2D eigenvalue weighted by atomic mass is 19.4. The van der Waals surface area contributed by atoms with Crippen molar-refractivity contribution in [1.29, 1.82) is 0 Å². The molecule has 0 spiro atoms. The Morgan fingerprint density at radius 2 is 1.77 bits per heavy atom. The summed E-state index contributed by atoms with van der Waals surface area (Å²) in [6.45, 7) is 0.580. The molecule has 0 bridgehead atoms. The molecule has 31 heavy (non-hydrogen) atoms. The lowest BCUT2D eigenvalue weighted by atomic mass is 10.1. The number of nitrogens with zero attached hydrogens (tertiary/aromatic N) is 3. The first-order valence-electron chi connectivity index (χ1n) is 7.91. The number of carbonyl (C=O) groups is 1. The van der Waals surface area contributed by atoms with Crippen molar-refractivity contribution in [2.75, 3.05) is 19.0 Å². The lowest BCUT2D eigenvalue weighted by Gasteiger charge is -2.15. The van der Waals surface area contributed by atoms with Crippen molar-refractivity contribution >= 4 is 17.4 Å². The van der Waals surface area contributed by atoms with Crippen molar-refractivity contribution < 1.29 is 49.9 Å². The Hall–Kier alpha value is -3.27. The van der Waals surface area contributed by atoms with Crippen LogP contribution in [0.25, 0.3) is 5.69 Å². The average Bonchev–Trinajstić information content (AvgIpc) is 3.07. The number of nitrogens with one attached hydrogen (secondary N) is 1. The summed E-state index contributed by atoms with van der Waals surface area (Å²) in [6.07, 6.45) is -6.35. The third-order valence-electron chi connectivity index (χ3n) is 3.72. The van der Waals surface area contributed by atoms with Gasteiger partial charge < -0.3 is 14.8 Å². The average molecular weight is 460 g/mol. The van der Waals surface area contributed by atoms with E-state index in [-0.39, 0.29) is 4.68 Å². The number of methoxy groups -OCH3 is 1. The number of hydrogen-bond donors (Lipinski definition) is 1. The second-order valence-corrected chi connectivity index (χ2v) is 5.69. The lowest BCUT2D eigenvalue weighted by Crippen LogP contribution is -2.25. The highest BCUT2D eigenvalue weighted by molar-refractivity contribution is 5.93. The maximum absolute atomic E-state index is 14.3. The van der Waals surface area contributed by atoms with Crippen molar-refractivity contribution in [3.05, 3.63) is 45.1 Å². The van der Waals surface area contributed by atoms with E-state index in [0.29, 0.717) is 6.20 Å². The number of amides is 1. The third-order valence-corrected chi connectivity index (χ3v) is 3.72. The molecule has 0 saturated heterocycles. The summed E-state index contributed by atoms with van der Waals surface area (Å²) in [5, 5.41) is 16.1. The van der Waals surface area contributed by atoms with Crippen molar-refractivity contribution in [1.82, 2.24) is 9.78 Å². The Bertz CT molecular complexity index is 995. The van der Waals surface area contributed by atoms with Crippen LogP contribution in [0.5, 0.6) is 0 Å². The molecule has 1 amide bonds. The molecule has 0 radical (unpaired) electrons. The topological polar surface area (TPSA) is 109 Å². The summed E-state index contributed by atoms with van der Waals surface area (Å²) >= 11 is 0. The zero-order valence-electron chi connectivity index (χ0n) is 15.4. The van der Waals surface area contributed by atoms with Gasteiger partial charge in [0.15, 0.2) is 29.6 Å². The number of benzene rings is 1. The van der Waals surface area contributed by atoms with Gasteiger partial charge in [-0.25, -0.2) is 22.2 Å². The van der Waals surface area contributed by atoms with Gasteiger partial charge in [-0.3, -0.25) is 14.9 Å². The van der Waals surface area contributed by atoms with Crippen LogP contribution in [-0.2, 0) is 20.4 Å². The van der Waals surface area contributed by atoms with Crippen LogP contribution in [0.2, 0.25) is 0 Å². The lowest BCUT2D eigenvalue weighted by molar-refractivity contribution is -0.384. The molecule has 16 heteroatoms. The SMILES string of the molecule is COC(C)OCC(=O)Nc1c([N+](=O)[O-])cnn1-c1c(F)c(F)c(C(F)(F)F)c(F)c1F. The highest BCUT2D eigenvalue weighted by Gasteiger charge is 2.43. The first-order chi connectivity index (χ1) is 14.3. The molecule has 1 N–H and O–H groups in total. The molecule has 0 fully saturated rings. The molecule has 2 rings (SSSR count). The first-order valence-corrected chi connectivity index (χ1v) is 7.91. The summed E-state index contributed by atoms with van der Waals surface area (Å²) in [7, 11) is 1.22. The van der Waals surface area contributed by atoms with Gasteiger partial charge >= 0.3 is 11.9 Å². The van der Waals surface area contributed by atoms with Gasteiger partial charge in [0.1, 0.15) is 24.1 Å². The van der Waals surface area contributed by atoms with Crippen molar-refractivity contribution in [2.24, 2.45) is 0 Å². The van der Waals surface area contributed by atoms with Gasteiger partial charge in [0.25, 0.3) is 5.91 Å². The summed E-state index contributed by atoms with van der Waals surface area (Å²) in [4.78, 5) is 21.9. The molecule has 0 saturated carbocycles. The van der Waals surface area contributed by atoms with Crippen LogP contribution in [-0.4, -0.2) is 40.6 Å². The standard InChI is InChI=1S/C15H11F7N4O5/c1-5(30-2)31-4-7(27)24-14-6(26(28)29)3-23-25(14)13-11(18)9(16)8(15(20,21)22)10(17)12(13)19/h3,5H,4H2,1-2H3,(H,24,27). The minimum absolute atomic E-state index is 0.160. The van der Waals surface area contributed by atoms with Crippen LogP contribution in [0, 0.1) is 33.4 Å². The number of halogens is 7. The fraction of sp³-hybridized carbons (Fsp3) is 0.333. The van der Waals surface area contributed by atoms with Crippen LogP contribution < -0.4 is 5.32 Å². The van der Waals surface area contributed by atoms with Gasteiger partial charge in [-0.15, -0.1) is 0 Å². The van der Waals surface area contributed by atoms with Crippen LogP contribution >= 0.6 is 0 Å². The largest absolute Gasteiger partial charge is 0.422 e. The number of rotatable bonds is 7. The number of hydrogen-bond acceptors (Lipinski definition) is 6. The van der Waals surface area contributed by atoms with Crippen LogP contribution in [0.15, 0.2) is 6.20 Å². The molecule has 9 nitrogen and oxygen atoms in total. The Morgan fingerprint density at radius 3 is 2.23 bits per heavy atom. The number of aromatic nitrogens is 2. The number of alkyl halides is 3. The molecule has 1 heterocycles. The number of anilines is 1. The molecule has 2 aromatic rings. The maximum atomic E-state index is 14.3. The monoisotopic (exact) mass is 460 g/mol. The summed E-state index contributed by atoms with van der Waals surface area (Å²) in [6, 6.07) is 0. The summed E-state index contributed by atoms with van der Waals surface area (Å²) in [5.41, 5.74) is -5.80. The zero-order chi connectivity index (χ0) is 23.7. The van der Waals surface area contributed by atoms with Gasteiger partial charge in [-0.05, 0) is 6.92 Å². The van der Waals surface area contributed by atoms with Crippen LogP contribution in [0.4, 0.5) is 42.2 Å². The molecule has 1 aromatic carbocycles.